The van der Waals surface area contributed by atoms with Crippen LogP contribution in [0.15, 0.2) is 17.8 Å². The first-order valence-electron chi connectivity index (χ1n) is 5.50. The highest BCUT2D eigenvalue weighted by molar-refractivity contribution is 7.15. The lowest BCUT2D eigenvalue weighted by Crippen LogP contribution is -2.36. The predicted molar refractivity (Wildman–Crippen MR) is 66.7 cm³/mol. The van der Waals surface area contributed by atoms with Gasteiger partial charge in [0.05, 0.1) is 12.1 Å². The van der Waals surface area contributed by atoms with E-state index in [9.17, 15) is 9.59 Å². The summed E-state index contributed by atoms with van der Waals surface area (Å²) in [7, 11) is 0. The lowest BCUT2D eigenvalue weighted by Gasteiger charge is -2.17. The van der Waals surface area contributed by atoms with Gasteiger partial charge in [0.1, 0.15) is 6.54 Å². The van der Waals surface area contributed by atoms with Gasteiger partial charge in [-0.25, -0.2) is 4.98 Å². The van der Waals surface area contributed by atoms with Crippen LogP contribution in [0.2, 0.25) is 0 Å². The molecule has 96 valence electrons. The maximum atomic E-state index is 11.9. The second kappa shape index (κ2) is 5.18. The number of rotatable bonds is 5. The molecule has 0 fully saturated rings. The summed E-state index contributed by atoms with van der Waals surface area (Å²) in [6.45, 7) is 1.87. The van der Waals surface area contributed by atoms with Crippen LogP contribution in [0, 0.1) is 0 Å². The number of aromatic nitrogens is 2. The highest BCUT2D eigenvalue weighted by atomic mass is 32.1. The number of amides is 1. The average Bonchev–Trinajstić information content (AvgIpc) is 2.85. The second-order valence-corrected chi connectivity index (χ2v) is 4.68. The standard InChI is InChI=1S/C11H13N3O3S/c1-2-13(7-10(16)17)9(15)5-8-6-14-3-4-18-11(14)12-8/h3-4,6H,2,5,7H2,1H3,(H,16,17). The normalized spacial score (nSPS) is 10.7. The third-order valence-electron chi connectivity index (χ3n) is 2.54. The van der Waals surface area contributed by atoms with Gasteiger partial charge in [0.15, 0.2) is 4.96 Å². The molecule has 0 unspecified atom stereocenters. The Bertz CT molecular complexity index is 546. The quantitative estimate of drug-likeness (QED) is 0.872. The molecule has 0 saturated carbocycles. The zero-order chi connectivity index (χ0) is 13.1. The number of carbonyl (C=O) groups is 2. The number of hydrogen-bond donors (Lipinski definition) is 1. The summed E-state index contributed by atoms with van der Waals surface area (Å²) in [6, 6.07) is 0. The van der Waals surface area contributed by atoms with Gasteiger partial charge in [-0.1, -0.05) is 0 Å². The molecule has 1 N–H and O–H groups in total. The summed E-state index contributed by atoms with van der Waals surface area (Å²) in [5.74, 6) is -1.22. The van der Waals surface area contributed by atoms with Crippen molar-refractivity contribution in [2.45, 2.75) is 13.3 Å². The van der Waals surface area contributed by atoms with E-state index in [0.29, 0.717) is 12.2 Å². The van der Waals surface area contributed by atoms with Crippen LogP contribution in [0.4, 0.5) is 0 Å². The summed E-state index contributed by atoms with van der Waals surface area (Å²) in [6.07, 6.45) is 3.80. The molecule has 0 aliphatic carbocycles. The molecule has 2 heterocycles. The third kappa shape index (κ3) is 2.67. The fraction of sp³-hybridized carbons (Fsp3) is 0.364. The largest absolute Gasteiger partial charge is 0.480 e. The number of carboxylic acid groups (broad SMARTS) is 1. The molecule has 2 rings (SSSR count). The molecule has 0 aliphatic rings. The number of thiazole rings is 1. The van der Waals surface area contributed by atoms with Crippen LogP contribution < -0.4 is 0 Å². The first-order valence-corrected chi connectivity index (χ1v) is 6.38. The molecule has 0 bridgehead atoms. The van der Waals surface area contributed by atoms with E-state index in [4.69, 9.17) is 5.11 Å². The minimum atomic E-state index is -1.00. The Kier molecular flexibility index (Phi) is 3.61. The fourth-order valence-electron chi connectivity index (χ4n) is 1.67. The predicted octanol–water partition coefficient (Wildman–Crippen LogP) is 0.871. The molecule has 0 aliphatic heterocycles. The summed E-state index contributed by atoms with van der Waals surface area (Å²) in [5, 5.41) is 10.6. The van der Waals surface area contributed by atoms with Gasteiger partial charge in [0.25, 0.3) is 0 Å². The van der Waals surface area contributed by atoms with Crippen LogP contribution in [0.3, 0.4) is 0 Å². The zero-order valence-corrected chi connectivity index (χ0v) is 10.7. The van der Waals surface area contributed by atoms with Crippen molar-refractivity contribution in [3.8, 4) is 0 Å². The fourth-order valence-corrected chi connectivity index (χ4v) is 2.39. The molecule has 7 heteroatoms. The highest BCUT2D eigenvalue weighted by Crippen LogP contribution is 2.12. The summed E-state index contributed by atoms with van der Waals surface area (Å²) >= 11 is 1.49. The van der Waals surface area contributed by atoms with E-state index >= 15 is 0 Å². The van der Waals surface area contributed by atoms with E-state index in [1.165, 1.54) is 16.2 Å². The molecular formula is C11H13N3O3S. The monoisotopic (exact) mass is 267 g/mol. The van der Waals surface area contributed by atoms with E-state index < -0.39 is 5.97 Å². The van der Waals surface area contributed by atoms with Crippen molar-refractivity contribution < 1.29 is 14.7 Å². The topological polar surface area (TPSA) is 74.9 Å². The lowest BCUT2D eigenvalue weighted by atomic mass is 10.3. The van der Waals surface area contributed by atoms with Crippen LogP contribution in [0.1, 0.15) is 12.6 Å². The summed E-state index contributed by atoms with van der Waals surface area (Å²) in [4.78, 5) is 28.9. The minimum absolute atomic E-state index is 0.134. The number of aliphatic carboxylic acids is 1. The number of carbonyl (C=O) groups excluding carboxylic acids is 1. The van der Waals surface area contributed by atoms with Gasteiger partial charge in [-0.15, -0.1) is 11.3 Å². The molecular weight excluding hydrogens is 254 g/mol. The first-order chi connectivity index (χ1) is 8.60. The molecule has 0 spiro atoms. The Labute approximate surface area is 107 Å². The van der Waals surface area contributed by atoms with Crippen LogP contribution in [-0.4, -0.2) is 44.4 Å². The van der Waals surface area contributed by atoms with E-state index in [2.05, 4.69) is 4.98 Å². The number of carboxylic acids is 1. The Morgan fingerprint density at radius 1 is 1.56 bits per heavy atom. The van der Waals surface area contributed by atoms with Crippen molar-refractivity contribution in [1.29, 1.82) is 0 Å². The molecule has 18 heavy (non-hydrogen) atoms. The van der Waals surface area contributed by atoms with Crippen LogP contribution in [0.5, 0.6) is 0 Å². The zero-order valence-electron chi connectivity index (χ0n) is 9.87. The molecule has 1 amide bonds. The Hall–Kier alpha value is -1.89. The lowest BCUT2D eigenvalue weighted by molar-refractivity contribution is -0.144. The molecule has 6 nitrogen and oxygen atoms in total. The van der Waals surface area contributed by atoms with Gasteiger partial charge in [-0.05, 0) is 6.92 Å². The van der Waals surface area contributed by atoms with Crippen molar-refractivity contribution in [3.05, 3.63) is 23.5 Å². The molecule has 0 aromatic carbocycles. The molecule has 0 saturated heterocycles. The summed E-state index contributed by atoms with van der Waals surface area (Å²) in [5.41, 5.74) is 0.663. The average molecular weight is 267 g/mol. The van der Waals surface area contributed by atoms with Gasteiger partial charge in [0, 0.05) is 24.3 Å². The first kappa shape index (κ1) is 12.6. The number of nitrogens with zero attached hydrogens (tertiary/aromatic N) is 3. The van der Waals surface area contributed by atoms with Gasteiger partial charge in [-0.2, -0.15) is 0 Å². The SMILES string of the molecule is CCN(CC(=O)O)C(=O)Cc1cn2ccsc2n1. The molecule has 2 aromatic rings. The van der Waals surface area contributed by atoms with Crippen molar-refractivity contribution in [2.24, 2.45) is 0 Å². The van der Waals surface area contributed by atoms with Crippen LogP contribution in [-0.2, 0) is 16.0 Å². The number of likely N-dealkylation sites (N-methyl/N-ethyl adjacent to an activating group) is 1. The molecule has 0 atom stereocenters. The third-order valence-corrected chi connectivity index (χ3v) is 3.31. The van der Waals surface area contributed by atoms with Crippen LogP contribution >= 0.6 is 11.3 Å². The van der Waals surface area contributed by atoms with Crippen molar-refractivity contribution in [1.82, 2.24) is 14.3 Å². The molecule has 0 radical (unpaired) electrons. The summed E-state index contributed by atoms with van der Waals surface area (Å²) < 4.78 is 1.85. The van der Waals surface area contributed by atoms with Gasteiger partial charge in [-0.3, -0.25) is 14.0 Å². The Morgan fingerprint density at radius 2 is 2.33 bits per heavy atom. The number of fused-ring (bicyclic) bond motifs is 1. The Balaban J connectivity index is 2.05. The van der Waals surface area contributed by atoms with Crippen molar-refractivity contribution in [2.75, 3.05) is 13.1 Å². The van der Waals surface area contributed by atoms with E-state index in [1.54, 1.807) is 13.1 Å². The number of imidazole rings is 1. The van der Waals surface area contributed by atoms with E-state index in [1.807, 2.05) is 16.0 Å². The Morgan fingerprint density at radius 3 is 2.94 bits per heavy atom. The maximum absolute atomic E-state index is 11.9. The van der Waals surface area contributed by atoms with Crippen molar-refractivity contribution in [3.63, 3.8) is 0 Å². The number of hydrogen-bond acceptors (Lipinski definition) is 4. The van der Waals surface area contributed by atoms with Gasteiger partial charge < -0.3 is 10.0 Å². The van der Waals surface area contributed by atoms with Gasteiger partial charge >= 0.3 is 5.97 Å². The van der Waals surface area contributed by atoms with Crippen LogP contribution in [0.25, 0.3) is 4.96 Å². The molecule has 2 aromatic heterocycles. The highest BCUT2D eigenvalue weighted by Gasteiger charge is 2.16. The smallest absolute Gasteiger partial charge is 0.323 e. The van der Waals surface area contributed by atoms with Crippen molar-refractivity contribution >= 4 is 28.2 Å². The van der Waals surface area contributed by atoms with E-state index in [0.717, 1.165) is 4.96 Å². The van der Waals surface area contributed by atoms with Gasteiger partial charge in [0.2, 0.25) is 5.91 Å². The maximum Gasteiger partial charge on any atom is 0.323 e. The minimum Gasteiger partial charge on any atom is -0.480 e. The second-order valence-electron chi connectivity index (χ2n) is 3.80. The van der Waals surface area contributed by atoms with E-state index in [-0.39, 0.29) is 18.9 Å².